The van der Waals surface area contributed by atoms with Gasteiger partial charge in [-0.05, 0) is 88.3 Å². The molecular weight excluding hydrogens is 604 g/mol. The van der Waals surface area contributed by atoms with E-state index in [0.717, 1.165) is 81.9 Å². The number of benzene rings is 1. The molecule has 1 spiro atoms. The number of methoxy groups -OCH3 is 1. The number of nitrogens with one attached hydrogen (secondary N) is 1. The molecule has 4 aliphatic carbocycles. The van der Waals surface area contributed by atoms with Crippen LogP contribution in [0.2, 0.25) is 0 Å². The number of carbonyl (C=O) groups excluding carboxylic acids is 2. The molecule has 0 radical (unpaired) electrons. The molecule has 11 heteroatoms. The van der Waals surface area contributed by atoms with E-state index < -0.39 is 0 Å². The standard InChI is InChI=1S/C37H52N8O3/c1-41-32-23-38-36(39-33(32)44(29-7-3-4-8-29)25-37(16-17-37)35(41)47)40-45(34(46)27-6-5-9-31(22-27)48-2)30-14-12-28(13-15-30)43-20-18-42(19-21-43)24-26-10-11-26/h5-6,9,22-23,26,28-30H,3-4,7-8,10-21,24-25H2,1-2H3,(H,38,39,40)/t28-,30-. The first-order valence-corrected chi connectivity index (χ1v) is 18.5. The lowest BCUT2D eigenvalue weighted by molar-refractivity contribution is -0.122. The monoisotopic (exact) mass is 656 g/mol. The Labute approximate surface area is 285 Å². The van der Waals surface area contributed by atoms with Crippen molar-refractivity contribution in [3.63, 3.8) is 0 Å². The number of anilines is 3. The SMILES string of the molecule is COc1cccc(C(=O)N(Nc2ncc3c(n2)N(C2CCCC2)CC2(CC2)C(=O)N3C)[C@H]2CC[C@H](N3CCN(CC4CC4)CC3)CC2)c1. The molecule has 1 aromatic heterocycles. The van der Waals surface area contributed by atoms with Gasteiger partial charge in [0.05, 0.1) is 24.8 Å². The summed E-state index contributed by atoms with van der Waals surface area (Å²) in [7, 11) is 3.49. The Hall–Kier alpha value is -3.44. The van der Waals surface area contributed by atoms with Gasteiger partial charge >= 0.3 is 0 Å². The molecule has 0 atom stereocenters. The van der Waals surface area contributed by atoms with Crippen LogP contribution in [0.4, 0.5) is 17.5 Å². The van der Waals surface area contributed by atoms with Gasteiger partial charge in [-0.1, -0.05) is 18.9 Å². The van der Waals surface area contributed by atoms with Gasteiger partial charge in [-0.25, -0.2) is 9.99 Å². The van der Waals surface area contributed by atoms with Crippen molar-refractivity contribution in [1.82, 2.24) is 24.8 Å². The zero-order valence-electron chi connectivity index (χ0n) is 28.8. The Morgan fingerprint density at radius 2 is 1.75 bits per heavy atom. The van der Waals surface area contributed by atoms with E-state index in [9.17, 15) is 9.59 Å². The molecule has 2 aliphatic heterocycles. The highest BCUT2D eigenvalue weighted by Gasteiger charge is 2.55. The number of hydrazine groups is 1. The molecule has 6 aliphatic rings. The molecule has 0 unspecified atom stereocenters. The van der Waals surface area contributed by atoms with Gasteiger partial charge in [0, 0.05) is 64.0 Å². The number of hydrogen-bond donors (Lipinski definition) is 1. The molecule has 4 saturated carbocycles. The van der Waals surface area contributed by atoms with Crippen LogP contribution in [-0.2, 0) is 4.79 Å². The third-order valence-corrected chi connectivity index (χ3v) is 12.2. The van der Waals surface area contributed by atoms with Gasteiger partial charge in [-0.2, -0.15) is 4.98 Å². The molecule has 8 rings (SSSR count). The van der Waals surface area contributed by atoms with Gasteiger partial charge in [-0.15, -0.1) is 0 Å². The van der Waals surface area contributed by atoms with E-state index in [1.807, 2.05) is 25.2 Å². The van der Waals surface area contributed by atoms with Gasteiger partial charge in [0.25, 0.3) is 5.91 Å². The van der Waals surface area contributed by atoms with Gasteiger partial charge in [0.15, 0.2) is 5.82 Å². The van der Waals surface area contributed by atoms with E-state index in [0.29, 0.717) is 35.9 Å². The largest absolute Gasteiger partial charge is 0.497 e. The third-order valence-electron chi connectivity index (χ3n) is 12.2. The summed E-state index contributed by atoms with van der Waals surface area (Å²) in [6.45, 7) is 6.62. The second-order valence-corrected chi connectivity index (χ2v) is 15.4. The fourth-order valence-electron chi connectivity index (χ4n) is 8.81. The fourth-order valence-corrected chi connectivity index (χ4v) is 8.81. The number of nitrogens with zero attached hydrogens (tertiary/aromatic N) is 7. The molecule has 2 amide bonds. The van der Waals surface area contributed by atoms with Crippen molar-refractivity contribution in [2.75, 3.05) is 68.7 Å². The minimum Gasteiger partial charge on any atom is -0.497 e. The second kappa shape index (κ2) is 13.1. The quantitative estimate of drug-likeness (QED) is 0.382. The van der Waals surface area contributed by atoms with Crippen LogP contribution < -0.4 is 20.0 Å². The van der Waals surface area contributed by atoms with Crippen molar-refractivity contribution in [3.05, 3.63) is 36.0 Å². The average molecular weight is 657 g/mol. The highest BCUT2D eigenvalue weighted by atomic mass is 16.5. The Morgan fingerprint density at radius 1 is 1.00 bits per heavy atom. The predicted molar refractivity (Wildman–Crippen MR) is 186 cm³/mol. The highest BCUT2D eigenvalue weighted by Crippen LogP contribution is 2.52. The number of ether oxygens (including phenoxy) is 1. The van der Waals surface area contributed by atoms with E-state index in [1.54, 1.807) is 29.3 Å². The summed E-state index contributed by atoms with van der Waals surface area (Å²) in [6.07, 6.45) is 15.0. The lowest BCUT2D eigenvalue weighted by Crippen LogP contribution is -2.53. The fraction of sp³-hybridized carbons (Fsp3) is 0.676. The number of aromatic nitrogens is 2. The van der Waals surface area contributed by atoms with Crippen LogP contribution in [0.1, 0.15) is 87.4 Å². The minimum absolute atomic E-state index is 0.00318. The van der Waals surface area contributed by atoms with Crippen molar-refractivity contribution < 1.29 is 14.3 Å². The number of fused-ring (bicyclic) bond motifs is 1. The molecule has 11 nitrogen and oxygen atoms in total. The van der Waals surface area contributed by atoms with Crippen molar-refractivity contribution in [2.24, 2.45) is 11.3 Å². The van der Waals surface area contributed by atoms with Crippen LogP contribution in [0, 0.1) is 11.3 Å². The zero-order chi connectivity index (χ0) is 32.8. The summed E-state index contributed by atoms with van der Waals surface area (Å²) in [4.78, 5) is 47.3. The Bertz CT molecular complexity index is 1490. The maximum absolute atomic E-state index is 14.3. The Morgan fingerprint density at radius 3 is 2.44 bits per heavy atom. The van der Waals surface area contributed by atoms with Crippen LogP contribution in [0.3, 0.4) is 0 Å². The summed E-state index contributed by atoms with van der Waals surface area (Å²) in [5.41, 5.74) is 4.43. The van der Waals surface area contributed by atoms with Crippen LogP contribution in [0.5, 0.6) is 5.75 Å². The number of rotatable bonds is 9. The molecule has 258 valence electrons. The summed E-state index contributed by atoms with van der Waals surface area (Å²) in [5.74, 6) is 2.86. The van der Waals surface area contributed by atoms with E-state index in [4.69, 9.17) is 14.7 Å². The van der Waals surface area contributed by atoms with Crippen LogP contribution >= 0.6 is 0 Å². The number of hydrogen-bond acceptors (Lipinski definition) is 9. The average Bonchev–Trinajstić information content (AvgIpc) is 4.06. The molecule has 5 fully saturated rings. The van der Waals surface area contributed by atoms with Crippen molar-refractivity contribution >= 4 is 29.3 Å². The normalized spacial score (nSPS) is 26.3. The molecule has 1 N–H and O–H groups in total. The molecule has 1 aromatic carbocycles. The number of carbonyl (C=O) groups is 2. The van der Waals surface area contributed by atoms with Crippen LogP contribution in [0.15, 0.2) is 30.5 Å². The van der Waals surface area contributed by atoms with Crippen molar-refractivity contribution in [1.29, 1.82) is 0 Å². The lowest BCUT2D eigenvalue weighted by atomic mass is 9.89. The summed E-state index contributed by atoms with van der Waals surface area (Å²) in [6, 6.07) is 8.31. The second-order valence-electron chi connectivity index (χ2n) is 15.4. The number of amides is 2. The first kappa shape index (κ1) is 31.8. The van der Waals surface area contributed by atoms with E-state index >= 15 is 0 Å². The molecule has 2 aromatic rings. The predicted octanol–water partition coefficient (Wildman–Crippen LogP) is 4.80. The molecule has 1 saturated heterocycles. The Balaban J connectivity index is 1.03. The molecule has 0 bridgehead atoms. The van der Waals surface area contributed by atoms with Gasteiger partial charge in [-0.3, -0.25) is 19.9 Å². The maximum Gasteiger partial charge on any atom is 0.272 e. The highest BCUT2D eigenvalue weighted by molar-refractivity contribution is 6.03. The van der Waals surface area contributed by atoms with Crippen molar-refractivity contribution in [3.8, 4) is 5.75 Å². The van der Waals surface area contributed by atoms with Crippen molar-refractivity contribution in [2.45, 2.75) is 95.2 Å². The maximum atomic E-state index is 14.3. The summed E-state index contributed by atoms with van der Waals surface area (Å²) < 4.78 is 5.47. The minimum atomic E-state index is -0.317. The topological polar surface area (TPSA) is 97.4 Å². The lowest BCUT2D eigenvalue weighted by Gasteiger charge is -2.43. The number of piperazine rings is 1. The molecule has 48 heavy (non-hydrogen) atoms. The van der Waals surface area contributed by atoms with E-state index in [1.165, 1.54) is 45.3 Å². The van der Waals surface area contributed by atoms with Gasteiger partial charge in [0.1, 0.15) is 11.4 Å². The third kappa shape index (κ3) is 6.35. The first-order chi connectivity index (χ1) is 23.4. The summed E-state index contributed by atoms with van der Waals surface area (Å²) >= 11 is 0. The molecular formula is C37H52N8O3. The van der Waals surface area contributed by atoms with Gasteiger partial charge in [0.2, 0.25) is 11.9 Å². The smallest absolute Gasteiger partial charge is 0.272 e. The van der Waals surface area contributed by atoms with Crippen LogP contribution in [-0.4, -0.2) is 108 Å². The van der Waals surface area contributed by atoms with E-state index in [2.05, 4.69) is 20.1 Å². The first-order valence-electron chi connectivity index (χ1n) is 18.5. The molecule has 3 heterocycles. The zero-order valence-corrected chi connectivity index (χ0v) is 28.8. The summed E-state index contributed by atoms with van der Waals surface area (Å²) in [5, 5.41) is 1.79. The van der Waals surface area contributed by atoms with E-state index in [-0.39, 0.29) is 23.3 Å². The van der Waals surface area contributed by atoms with Crippen LogP contribution in [0.25, 0.3) is 0 Å². The van der Waals surface area contributed by atoms with Gasteiger partial charge < -0.3 is 19.4 Å². The Kier molecular flexibility index (Phi) is 8.69.